The fraction of sp³-hybridized carbons (Fsp3) is 0.400. The van der Waals surface area contributed by atoms with Crippen molar-refractivity contribution < 1.29 is 4.21 Å². The summed E-state index contributed by atoms with van der Waals surface area (Å²) in [6.07, 6.45) is 1.97. The molecule has 0 aliphatic carbocycles. The normalized spacial score (nSPS) is 14.9. The van der Waals surface area contributed by atoms with Crippen LogP contribution in [0.5, 0.6) is 0 Å². The molecule has 1 aliphatic rings. The average Bonchev–Trinajstić information content (AvgIpc) is 3.06. The Hall–Kier alpha value is -0.980. The van der Waals surface area contributed by atoms with Crippen LogP contribution in [0.25, 0.3) is 0 Å². The molecular formula is C15H18ClN3OS2. The molecule has 2 aromatic rings. The Kier molecular flexibility index (Phi) is 4.80. The minimum atomic E-state index is -1.41. The number of nitrogens with one attached hydrogen (secondary N) is 1. The van der Waals surface area contributed by atoms with Crippen LogP contribution in [0, 0.1) is 0 Å². The first kappa shape index (κ1) is 15.9. The van der Waals surface area contributed by atoms with Gasteiger partial charge in [0.1, 0.15) is 0 Å². The molecule has 1 aromatic carbocycles. The molecule has 7 heteroatoms. The van der Waals surface area contributed by atoms with Crippen LogP contribution in [0.4, 0.5) is 5.69 Å². The maximum absolute atomic E-state index is 12.7. The first-order valence-corrected chi connectivity index (χ1v) is 9.84. The summed E-state index contributed by atoms with van der Waals surface area (Å²) in [7, 11) is -1.41. The van der Waals surface area contributed by atoms with Crippen molar-refractivity contribution in [3.63, 3.8) is 0 Å². The molecule has 1 aliphatic heterocycles. The molecule has 1 unspecified atom stereocenters. The van der Waals surface area contributed by atoms with Crippen molar-refractivity contribution in [3.05, 3.63) is 34.5 Å². The lowest BCUT2D eigenvalue weighted by Gasteiger charge is -2.11. The van der Waals surface area contributed by atoms with Gasteiger partial charge in [-0.25, -0.2) is 9.19 Å². The van der Waals surface area contributed by atoms with E-state index in [1.165, 1.54) is 11.1 Å². The van der Waals surface area contributed by atoms with Crippen LogP contribution < -0.4 is 4.72 Å². The Morgan fingerprint density at radius 3 is 2.86 bits per heavy atom. The zero-order valence-corrected chi connectivity index (χ0v) is 14.9. The number of imidazole rings is 1. The highest BCUT2D eigenvalue weighted by atomic mass is 35.5. The second-order valence-corrected chi connectivity index (χ2v) is 7.60. The van der Waals surface area contributed by atoms with Gasteiger partial charge in [-0.3, -0.25) is 4.72 Å². The number of rotatable bonds is 5. The molecule has 0 bridgehead atoms. The number of benzene rings is 1. The Morgan fingerprint density at radius 2 is 2.14 bits per heavy atom. The van der Waals surface area contributed by atoms with Crippen LogP contribution in [-0.4, -0.2) is 19.5 Å². The van der Waals surface area contributed by atoms with E-state index >= 15 is 0 Å². The highest BCUT2D eigenvalue weighted by molar-refractivity contribution is 7.99. The summed E-state index contributed by atoms with van der Waals surface area (Å²) >= 11 is 7.79. The van der Waals surface area contributed by atoms with E-state index in [-0.39, 0.29) is 0 Å². The molecule has 0 fully saturated rings. The summed E-state index contributed by atoms with van der Waals surface area (Å²) < 4.78 is 17.7. The summed E-state index contributed by atoms with van der Waals surface area (Å²) in [5.41, 5.74) is 3.47. The molecule has 1 N–H and O–H groups in total. The SMILES string of the molecule is CCc1ccc(NS(=O)c2c(Cl)nc3n2CCS3)cc1CC. The maximum atomic E-state index is 12.7. The number of halogens is 1. The summed E-state index contributed by atoms with van der Waals surface area (Å²) in [4.78, 5) is 4.27. The number of aryl methyl sites for hydroxylation is 2. The second-order valence-electron chi connectivity index (χ2n) is 5.05. The monoisotopic (exact) mass is 355 g/mol. The summed E-state index contributed by atoms with van der Waals surface area (Å²) in [6.45, 7) is 5.08. The van der Waals surface area contributed by atoms with Gasteiger partial charge in [-0.1, -0.05) is 43.3 Å². The lowest BCUT2D eigenvalue weighted by atomic mass is 10.0. The third-order valence-electron chi connectivity index (χ3n) is 3.75. The van der Waals surface area contributed by atoms with Gasteiger partial charge in [0.05, 0.1) is 0 Å². The number of aromatic nitrogens is 2. The molecule has 0 radical (unpaired) electrons. The van der Waals surface area contributed by atoms with Gasteiger partial charge in [-0.2, -0.15) is 0 Å². The van der Waals surface area contributed by atoms with Gasteiger partial charge >= 0.3 is 0 Å². The van der Waals surface area contributed by atoms with Crippen molar-refractivity contribution >= 4 is 40.0 Å². The van der Waals surface area contributed by atoms with Gasteiger partial charge in [0, 0.05) is 18.0 Å². The fourth-order valence-electron chi connectivity index (χ4n) is 2.62. The van der Waals surface area contributed by atoms with Crippen LogP contribution in [0.1, 0.15) is 25.0 Å². The Bertz CT molecular complexity index is 730. The summed E-state index contributed by atoms with van der Waals surface area (Å²) in [6, 6.07) is 6.14. The predicted octanol–water partition coefficient (Wildman–Crippen LogP) is 3.90. The van der Waals surface area contributed by atoms with Crippen molar-refractivity contribution in [1.29, 1.82) is 0 Å². The topological polar surface area (TPSA) is 46.9 Å². The van der Waals surface area contributed by atoms with E-state index in [2.05, 4.69) is 35.7 Å². The molecule has 4 nitrogen and oxygen atoms in total. The largest absolute Gasteiger partial charge is 0.308 e. The third-order valence-corrected chi connectivity index (χ3v) is 6.26. The van der Waals surface area contributed by atoms with Gasteiger partial charge in [-0.05, 0) is 36.1 Å². The second kappa shape index (κ2) is 6.64. The Labute approximate surface area is 142 Å². The van der Waals surface area contributed by atoms with Crippen LogP contribution in [0.3, 0.4) is 0 Å². The van der Waals surface area contributed by atoms with E-state index in [1.807, 2.05) is 10.6 Å². The van der Waals surface area contributed by atoms with Crippen LogP contribution in [0.2, 0.25) is 5.15 Å². The van der Waals surface area contributed by atoms with Crippen molar-refractivity contribution in [2.45, 2.75) is 43.4 Å². The minimum Gasteiger partial charge on any atom is -0.308 e. The first-order chi connectivity index (χ1) is 10.6. The number of hydrogen-bond donors (Lipinski definition) is 1. The smallest absolute Gasteiger partial charge is 0.170 e. The van der Waals surface area contributed by atoms with Crippen molar-refractivity contribution in [3.8, 4) is 0 Å². The molecule has 118 valence electrons. The van der Waals surface area contributed by atoms with Crippen molar-refractivity contribution in [2.24, 2.45) is 0 Å². The number of thioether (sulfide) groups is 1. The van der Waals surface area contributed by atoms with E-state index in [4.69, 9.17) is 11.6 Å². The maximum Gasteiger partial charge on any atom is 0.170 e. The molecule has 22 heavy (non-hydrogen) atoms. The molecule has 0 saturated heterocycles. The molecule has 0 amide bonds. The highest BCUT2D eigenvalue weighted by Crippen LogP contribution is 2.32. The molecule has 3 rings (SSSR count). The summed E-state index contributed by atoms with van der Waals surface area (Å²) in [5, 5.41) is 1.75. The van der Waals surface area contributed by atoms with Crippen molar-refractivity contribution in [1.82, 2.24) is 9.55 Å². The minimum absolute atomic E-state index is 0.328. The van der Waals surface area contributed by atoms with E-state index in [9.17, 15) is 4.21 Å². The van der Waals surface area contributed by atoms with Crippen molar-refractivity contribution in [2.75, 3.05) is 10.5 Å². The standard InChI is InChI=1S/C15H18ClN3OS2/c1-3-10-5-6-12(9-11(10)4-2)18-22(20)14-13(16)17-15-19(14)7-8-21-15/h5-6,9,18H,3-4,7-8H2,1-2H3. The number of fused-ring (bicyclic) bond motifs is 1. The Morgan fingerprint density at radius 1 is 1.36 bits per heavy atom. The van der Waals surface area contributed by atoms with Crippen LogP contribution in [-0.2, 0) is 30.4 Å². The predicted molar refractivity (Wildman–Crippen MR) is 93.2 cm³/mol. The van der Waals surface area contributed by atoms with Crippen LogP contribution >= 0.6 is 23.4 Å². The van der Waals surface area contributed by atoms with Gasteiger partial charge in [0.2, 0.25) is 0 Å². The van der Waals surface area contributed by atoms with E-state index in [0.29, 0.717) is 10.2 Å². The zero-order valence-electron chi connectivity index (χ0n) is 12.6. The number of hydrogen-bond acceptors (Lipinski definition) is 3. The molecule has 1 aromatic heterocycles. The lowest BCUT2D eigenvalue weighted by molar-refractivity contribution is 0.638. The number of nitrogens with zero attached hydrogens (tertiary/aromatic N) is 2. The van der Waals surface area contributed by atoms with Crippen LogP contribution in [0.15, 0.2) is 28.4 Å². The Balaban J connectivity index is 1.86. The summed E-state index contributed by atoms with van der Waals surface area (Å²) in [5.74, 6) is 0.953. The van der Waals surface area contributed by atoms with Gasteiger partial charge < -0.3 is 4.57 Å². The van der Waals surface area contributed by atoms with Gasteiger partial charge in [-0.15, -0.1) is 0 Å². The van der Waals surface area contributed by atoms with E-state index < -0.39 is 11.0 Å². The quantitative estimate of drug-likeness (QED) is 0.884. The van der Waals surface area contributed by atoms with Gasteiger partial charge in [0.15, 0.2) is 26.3 Å². The van der Waals surface area contributed by atoms with E-state index in [1.54, 1.807) is 11.8 Å². The molecule has 1 atom stereocenters. The highest BCUT2D eigenvalue weighted by Gasteiger charge is 2.25. The molecule has 0 spiro atoms. The molecular weight excluding hydrogens is 338 g/mol. The van der Waals surface area contributed by atoms with E-state index in [0.717, 1.165) is 36.0 Å². The fourth-order valence-corrected chi connectivity index (χ4v) is 5.09. The lowest BCUT2D eigenvalue weighted by Crippen LogP contribution is -2.11. The number of anilines is 1. The van der Waals surface area contributed by atoms with Gasteiger partial charge in [0.25, 0.3) is 0 Å². The third kappa shape index (κ3) is 2.92. The zero-order chi connectivity index (χ0) is 15.7. The molecule has 2 heterocycles. The average molecular weight is 356 g/mol. The first-order valence-electron chi connectivity index (χ1n) is 7.33. The molecule has 0 saturated carbocycles.